The number of hydrogen-bond acceptors (Lipinski definition) is 3. The fraction of sp³-hybridized carbons (Fsp3) is 0.278. The van der Waals surface area contributed by atoms with Gasteiger partial charge in [-0.1, -0.05) is 23.7 Å². The largest absolute Gasteiger partial charge is 0.487 e. The van der Waals surface area contributed by atoms with Crippen molar-refractivity contribution >= 4 is 35.0 Å². The smallest absolute Gasteiger partial charge is 0.147 e. The van der Waals surface area contributed by atoms with E-state index in [1.165, 1.54) is 0 Å². The Morgan fingerprint density at radius 3 is 2.50 bits per heavy atom. The third-order valence-electron chi connectivity index (χ3n) is 4.03. The molecule has 2 heterocycles. The summed E-state index contributed by atoms with van der Waals surface area (Å²) in [4.78, 5) is 4.50. The first-order chi connectivity index (χ1) is 11.1. The van der Waals surface area contributed by atoms with E-state index in [2.05, 4.69) is 23.4 Å². The maximum atomic E-state index is 6.04. The average Bonchev–Trinajstić information content (AvgIpc) is 2.80. The van der Waals surface area contributed by atoms with Gasteiger partial charge < -0.3 is 14.0 Å². The number of aryl methyl sites for hydroxylation is 1. The summed E-state index contributed by atoms with van der Waals surface area (Å²) < 4.78 is 13.5. The van der Waals surface area contributed by atoms with Crippen LogP contribution in [-0.4, -0.2) is 16.7 Å². The Labute approximate surface area is 152 Å². The molecule has 0 spiro atoms. The van der Waals surface area contributed by atoms with Crippen LogP contribution in [0, 0.1) is 13.8 Å². The Balaban J connectivity index is 0.00000208. The number of halogens is 2. The third-order valence-corrected chi connectivity index (χ3v) is 4.28. The molecule has 0 unspecified atom stereocenters. The molecule has 1 aromatic carbocycles. The zero-order valence-corrected chi connectivity index (χ0v) is 15.4. The minimum atomic E-state index is 0. The van der Waals surface area contributed by atoms with Gasteiger partial charge in [0.15, 0.2) is 0 Å². The van der Waals surface area contributed by atoms with E-state index in [9.17, 15) is 0 Å². The number of pyridine rings is 1. The van der Waals surface area contributed by atoms with Crippen LogP contribution in [0.25, 0.3) is 11.0 Å². The molecule has 0 saturated heterocycles. The lowest BCUT2D eigenvalue weighted by atomic mass is 10.2. The first-order valence-corrected chi connectivity index (χ1v) is 7.80. The summed E-state index contributed by atoms with van der Waals surface area (Å²) in [6, 6.07) is 9.55. The van der Waals surface area contributed by atoms with E-state index in [4.69, 9.17) is 21.1 Å². The molecule has 0 amide bonds. The molecular weight excluding hydrogens is 347 g/mol. The number of fused-ring (bicyclic) bond motifs is 1. The van der Waals surface area contributed by atoms with Crippen LogP contribution in [0.3, 0.4) is 0 Å². The van der Waals surface area contributed by atoms with Gasteiger partial charge in [-0.05, 0) is 37.1 Å². The first kappa shape index (κ1) is 18.6. The van der Waals surface area contributed by atoms with Crippen molar-refractivity contribution in [3.8, 4) is 5.75 Å². The zero-order valence-electron chi connectivity index (χ0n) is 13.9. The van der Waals surface area contributed by atoms with Crippen molar-refractivity contribution in [3.05, 3.63) is 58.4 Å². The number of ether oxygens (including phenoxy) is 2. The Kier molecular flexibility index (Phi) is 6.10. The van der Waals surface area contributed by atoms with Crippen LogP contribution >= 0.6 is 24.0 Å². The Bertz CT molecular complexity index is 829. The fourth-order valence-electron chi connectivity index (χ4n) is 2.66. The molecule has 2 aromatic heterocycles. The van der Waals surface area contributed by atoms with Gasteiger partial charge in [0.1, 0.15) is 24.6 Å². The van der Waals surface area contributed by atoms with Gasteiger partial charge in [-0.3, -0.25) is 4.98 Å². The van der Waals surface area contributed by atoms with Crippen molar-refractivity contribution in [2.45, 2.75) is 27.2 Å². The SMILES string of the molecule is COCn1c(C)c(C)c2nccc(OCc3ccc(Cl)cc3)c21.Cl. The molecule has 6 heteroatoms. The van der Waals surface area contributed by atoms with Crippen molar-refractivity contribution in [3.63, 3.8) is 0 Å². The molecular formula is C18H20Cl2N2O2. The van der Waals surface area contributed by atoms with Gasteiger partial charge in [0.05, 0.1) is 5.52 Å². The molecule has 0 saturated carbocycles. The number of rotatable bonds is 5. The average molecular weight is 367 g/mol. The van der Waals surface area contributed by atoms with E-state index in [-0.39, 0.29) is 12.4 Å². The van der Waals surface area contributed by atoms with E-state index in [0.29, 0.717) is 13.3 Å². The minimum Gasteiger partial charge on any atom is -0.487 e. The van der Waals surface area contributed by atoms with E-state index in [1.54, 1.807) is 13.3 Å². The molecule has 0 aliphatic rings. The van der Waals surface area contributed by atoms with E-state index in [0.717, 1.165) is 38.6 Å². The Hall–Kier alpha value is -1.75. The molecule has 0 aliphatic carbocycles. The topological polar surface area (TPSA) is 36.3 Å². The Morgan fingerprint density at radius 1 is 1.12 bits per heavy atom. The quantitative estimate of drug-likeness (QED) is 0.643. The maximum Gasteiger partial charge on any atom is 0.147 e. The van der Waals surface area contributed by atoms with Gasteiger partial charge in [-0.2, -0.15) is 0 Å². The van der Waals surface area contributed by atoms with Crippen molar-refractivity contribution in [1.29, 1.82) is 0 Å². The van der Waals surface area contributed by atoms with Crippen molar-refractivity contribution in [1.82, 2.24) is 9.55 Å². The molecule has 0 radical (unpaired) electrons. The minimum absolute atomic E-state index is 0. The normalized spacial score (nSPS) is 10.7. The third kappa shape index (κ3) is 3.51. The predicted molar refractivity (Wildman–Crippen MR) is 99.2 cm³/mol. The molecule has 24 heavy (non-hydrogen) atoms. The van der Waals surface area contributed by atoms with E-state index < -0.39 is 0 Å². The lowest BCUT2D eigenvalue weighted by Gasteiger charge is -2.11. The second-order valence-electron chi connectivity index (χ2n) is 5.48. The molecule has 0 fully saturated rings. The summed E-state index contributed by atoms with van der Waals surface area (Å²) in [5, 5.41) is 0.722. The van der Waals surface area contributed by atoms with Gasteiger partial charge in [0.2, 0.25) is 0 Å². The predicted octanol–water partition coefficient (Wildman–Crippen LogP) is 4.91. The van der Waals surface area contributed by atoms with Crippen LogP contribution in [0.15, 0.2) is 36.5 Å². The van der Waals surface area contributed by atoms with Gasteiger partial charge in [-0.15, -0.1) is 12.4 Å². The first-order valence-electron chi connectivity index (χ1n) is 7.42. The van der Waals surface area contributed by atoms with Gasteiger partial charge in [-0.25, -0.2) is 0 Å². The molecule has 128 valence electrons. The molecule has 0 bridgehead atoms. The summed E-state index contributed by atoms with van der Waals surface area (Å²) in [7, 11) is 1.69. The lowest BCUT2D eigenvalue weighted by Crippen LogP contribution is -2.04. The number of nitrogens with zero attached hydrogens (tertiary/aromatic N) is 2. The summed E-state index contributed by atoms with van der Waals surface area (Å²) >= 11 is 5.92. The van der Waals surface area contributed by atoms with Crippen molar-refractivity contribution < 1.29 is 9.47 Å². The van der Waals surface area contributed by atoms with E-state index >= 15 is 0 Å². The van der Waals surface area contributed by atoms with Crippen molar-refractivity contribution in [2.24, 2.45) is 0 Å². The van der Waals surface area contributed by atoms with Crippen LogP contribution in [-0.2, 0) is 18.1 Å². The standard InChI is InChI=1S/C18H19ClN2O2.ClH/c1-12-13(2)21(11-22-3)18-16(8-9-20-17(12)18)23-10-14-4-6-15(19)7-5-14;/h4-9H,10-11H2,1-3H3;1H. The highest BCUT2D eigenvalue weighted by atomic mass is 35.5. The fourth-order valence-corrected chi connectivity index (χ4v) is 2.79. The summed E-state index contributed by atoms with van der Waals surface area (Å²) in [5.74, 6) is 0.804. The highest BCUT2D eigenvalue weighted by Gasteiger charge is 2.16. The second-order valence-corrected chi connectivity index (χ2v) is 5.91. The number of aromatic nitrogens is 2. The summed E-state index contributed by atoms with van der Waals surface area (Å²) in [5.41, 5.74) is 5.27. The summed E-state index contributed by atoms with van der Waals surface area (Å²) in [6.45, 7) is 5.09. The van der Waals surface area contributed by atoms with Gasteiger partial charge >= 0.3 is 0 Å². The molecule has 0 aliphatic heterocycles. The lowest BCUT2D eigenvalue weighted by molar-refractivity contribution is 0.132. The van der Waals surface area contributed by atoms with Crippen LogP contribution in [0.1, 0.15) is 16.8 Å². The van der Waals surface area contributed by atoms with Crippen LogP contribution in [0.2, 0.25) is 5.02 Å². The second kappa shape index (κ2) is 7.88. The van der Waals surface area contributed by atoms with Crippen molar-refractivity contribution in [2.75, 3.05) is 7.11 Å². The molecule has 3 aromatic rings. The summed E-state index contributed by atoms with van der Waals surface area (Å²) in [6.07, 6.45) is 1.78. The van der Waals surface area contributed by atoms with E-state index in [1.807, 2.05) is 30.3 Å². The highest BCUT2D eigenvalue weighted by Crippen LogP contribution is 2.31. The Morgan fingerprint density at radius 2 is 1.83 bits per heavy atom. The van der Waals surface area contributed by atoms with Gasteiger partial charge in [0, 0.05) is 30.1 Å². The number of hydrogen-bond donors (Lipinski definition) is 0. The van der Waals surface area contributed by atoms with Crippen LogP contribution in [0.4, 0.5) is 0 Å². The molecule has 0 atom stereocenters. The number of methoxy groups -OCH3 is 1. The molecule has 4 nitrogen and oxygen atoms in total. The zero-order chi connectivity index (χ0) is 16.4. The molecule has 0 N–H and O–H groups in total. The molecule has 3 rings (SSSR count). The highest BCUT2D eigenvalue weighted by molar-refractivity contribution is 6.30. The van der Waals surface area contributed by atoms with Crippen LogP contribution < -0.4 is 4.74 Å². The van der Waals surface area contributed by atoms with Crippen LogP contribution in [0.5, 0.6) is 5.75 Å². The number of benzene rings is 1. The maximum absolute atomic E-state index is 6.04. The monoisotopic (exact) mass is 366 g/mol. The van der Waals surface area contributed by atoms with Gasteiger partial charge in [0.25, 0.3) is 0 Å².